The van der Waals surface area contributed by atoms with Crippen LogP contribution in [0.5, 0.6) is 0 Å². The molecule has 2 heteroatoms. The summed E-state index contributed by atoms with van der Waals surface area (Å²) < 4.78 is 4.61. The summed E-state index contributed by atoms with van der Waals surface area (Å²) in [6, 6.07) is 0. The zero-order valence-corrected chi connectivity index (χ0v) is 12.6. The predicted molar refractivity (Wildman–Crippen MR) is 60.0 cm³/mol. The fraction of sp³-hybridized carbons (Fsp3) is 1.00. The topological polar surface area (TPSA) is 0 Å². The van der Waals surface area contributed by atoms with Crippen LogP contribution < -0.4 is 0 Å². The van der Waals surface area contributed by atoms with Gasteiger partial charge in [-0.25, -0.2) is 0 Å². The van der Waals surface area contributed by atoms with Crippen molar-refractivity contribution in [2.24, 2.45) is 0 Å². The molecule has 0 atom stereocenters. The van der Waals surface area contributed by atoms with Gasteiger partial charge in [-0.2, -0.15) is 0 Å². The Morgan fingerprint density at radius 3 is 1.27 bits per heavy atom. The van der Waals surface area contributed by atoms with Crippen molar-refractivity contribution in [1.29, 1.82) is 0 Å². The first-order chi connectivity index (χ1) is 5.18. The van der Waals surface area contributed by atoms with E-state index in [2.05, 4.69) is 33.5 Å². The van der Waals surface area contributed by atoms with Crippen LogP contribution in [0.4, 0.5) is 0 Å². The van der Waals surface area contributed by atoms with Crippen molar-refractivity contribution in [3.63, 3.8) is 0 Å². The van der Waals surface area contributed by atoms with Crippen LogP contribution in [0, 0.1) is 0 Å². The van der Waals surface area contributed by atoms with Gasteiger partial charge in [0.1, 0.15) is 0 Å². The van der Waals surface area contributed by atoms with Crippen molar-refractivity contribution in [3.8, 4) is 0 Å². The molecular weight excluding hydrogens is 307 g/mol. The molecule has 0 saturated heterocycles. The summed E-state index contributed by atoms with van der Waals surface area (Å²) in [5.74, 6) is 0. The number of halogens is 1. The molecule has 0 unspecified atom stereocenters. The van der Waals surface area contributed by atoms with Gasteiger partial charge >= 0.3 is 82.2 Å². The summed E-state index contributed by atoms with van der Waals surface area (Å²) in [5, 5.41) is 0. The molecule has 0 fully saturated rings. The first-order valence-electron chi connectivity index (χ1n) is 4.87. The average molecular weight is 328 g/mol. The third kappa shape index (κ3) is 5.51. The second kappa shape index (κ2) is 6.76. The van der Waals surface area contributed by atoms with Gasteiger partial charge in [0, 0.05) is 0 Å². The van der Waals surface area contributed by atoms with Crippen LogP contribution in [0.15, 0.2) is 0 Å². The minimum absolute atomic E-state index is 1.39. The number of hydrogen-bond acceptors (Lipinski definition) is 0. The van der Waals surface area contributed by atoms with Gasteiger partial charge in [-0.15, -0.1) is 0 Å². The molecule has 0 aromatic carbocycles. The van der Waals surface area contributed by atoms with Crippen molar-refractivity contribution in [2.75, 3.05) is 0 Å². The summed E-state index contributed by atoms with van der Waals surface area (Å²) in [7, 11) is 0. The van der Waals surface area contributed by atoms with Crippen molar-refractivity contribution >= 4 is 28.9 Å². The predicted octanol–water partition coefficient (Wildman–Crippen LogP) is 4.56. The van der Waals surface area contributed by atoms with Crippen LogP contribution in [-0.2, 0) is 0 Å². The van der Waals surface area contributed by atoms with Crippen LogP contribution >= 0.6 is 12.7 Å². The second-order valence-electron chi connectivity index (χ2n) is 3.40. The molecule has 0 amide bonds. The first kappa shape index (κ1) is 12.3. The van der Waals surface area contributed by atoms with Gasteiger partial charge in [-0.05, 0) is 0 Å². The van der Waals surface area contributed by atoms with E-state index in [1.54, 1.807) is 0 Å². The second-order valence-corrected chi connectivity index (χ2v) is 25.5. The van der Waals surface area contributed by atoms with E-state index in [-0.39, 0.29) is 0 Å². The Morgan fingerprint density at radius 2 is 1.09 bits per heavy atom. The average Bonchev–Trinajstić information content (AvgIpc) is 1.88. The zero-order valence-electron chi connectivity index (χ0n) is 8.12. The molecule has 0 aliphatic heterocycles. The van der Waals surface area contributed by atoms with Gasteiger partial charge in [0.2, 0.25) is 0 Å². The van der Waals surface area contributed by atoms with Crippen LogP contribution in [0.2, 0.25) is 13.3 Å². The van der Waals surface area contributed by atoms with E-state index < -0.39 is 16.2 Å². The molecule has 0 bridgehead atoms. The minimum atomic E-state index is -1.65. The summed E-state index contributed by atoms with van der Waals surface area (Å²) in [4.78, 5) is 0. The van der Waals surface area contributed by atoms with Gasteiger partial charge < -0.3 is 0 Å². The maximum atomic E-state index is 4.08. The molecule has 0 N–H and O–H groups in total. The normalized spacial score (nSPS) is 12.0. The molecule has 0 rings (SSSR count). The quantitative estimate of drug-likeness (QED) is 0.627. The van der Waals surface area contributed by atoms with Crippen LogP contribution in [-0.4, -0.2) is 16.2 Å². The van der Waals surface area contributed by atoms with Crippen molar-refractivity contribution in [2.45, 2.75) is 53.3 Å². The van der Waals surface area contributed by atoms with E-state index in [0.29, 0.717) is 0 Å². The van der Waals surface area contributed by atoms with Gasteiger partial charge in [0.15, 0.2) is 0 Å². The summed E-state index contributed by atoms with van der Waals surface area (Å²) in [6.07, 6.45) is 4.17. The van der Waals surface area contributed by atoms with E-state index >= 15 is 0 Å². The molecule has 0 aromatic rings. The summed E-state index contributed by atoms with van der Waals surface area (Å²) in [5.41, 5.74) is 0. The Morgan fingerprint density at radius 1 is 0.818 bits per heavy atom. The van der Waals surface area contributed by atoms with Gasteiger partial charge in [-0.3, -0.25) is 0 Å². The molecule has 0 saturated carbocycles. The molecule has 0 spiro atoms. The van der Waals surface area contributed by atoms with E-state index in [4.69, 9.17) is 0 Å². The molecule has 11 heavy (non-hydrogen) atoms. The van der Waals surface area contributed by atoms with Crippen molar-refractivity contribution in [1.82, 2.24) is 0 Å². The molecule has 68 valence electrons. The van der Waals surface area contributed by atoms with Crippen LogP contribution in [0.25, 0.3) is 0 Å². The first-order valence-corrected chi connectivity index (χ1v) is 17.3. The van der Waals surface area contributed by atoms with Gasteiger partial charge in [0.25, 0.3) is 0 Å². The Bertz CT molecular complexity index is 76.5. The van der Waals surface area contributed by atoms with Crippen LogP contribution in [0.1, 0.15) is 40.0 Å². The third-order valence-corrected chi connectivity index (χ3v) is 22.0. The molecule has 0 radical (unpaired) electrons. The molecular formula is C9H21BrSn. The fourth-order valence-electron chi connectivity index (χ4n) is 1.72. The third-order valence-electron chi connectivity index (χ3n) is 2.09. The molecule has 0 aliphatic carbocycles. The standard InChI is InChI=1S/3C3H7.BrH.Sn/c3*1-3-2;;/h3*1,3H2,2H3;1H;/q;;;;+1/p-1. The van der Waals surface area contributed by atoms with E-state index in [1.807, 2.05) is 0 Å². The van der Waals surface area contributed by atoms with E-state index in [1.165, 1.54) is 32.6 Å². The van der Waals surface area contributed by atoms with Gasteiger partial charge in [0.05, 0.1) is 0 Å². The monoisotopic (exact) mass is 328 g/mol. The van der Waals surface area contributed by atoms with E-state index in [0.717, 1.165) is 0 Å². The van der Waals surface area contributed by atoms with Crippen LogP contribution in [0.3, 0.4) is 0 Å². The molecule has 0 aliphatic rings. The molecule has 0 nitrogen and oxygen atoms in total. The summed E-state index contributed by atoms with van der Waals surface area (Å²) in [6.45, 7) is 6.95. The Labute approximate surface area is 81.8 Å². The Hall–Kier alpha value is 1.28. The number of hydrogen-bond donors (Lipinski definition) is 0. The molecule has 0 heterocycles. The SMILES string of the molecule is CC[CH2][Sn]([Br])([CH2]CC)[CH2]CC. The Balaban J connectivity index is 3.79. The van der Waals surface area contributed by atoms with Crippen molar-refractivity contribution < 1.29 is 0 Å². The zero-order chi connectivity index (χ0) is 8.74. The maximum absolute atomic E-state index is 4.08. The fourth-order valence-corrected chi connectivity index (χ4v) is 19.5. The summed E-state index contributed by atoms with van der Waals surface area (Å²) >= 11 is 2.42. The molecule has 0 aromatic heterocycles. The van der Waals surface area contributed by atoms with Gasteiger partial charge in [-0.1, -0.05) is 0 Å². The number of rotatable bonds is 6. The van der Waals surface area contributed by atoms with E-state index in [9.17, 15) is 0 Å². The van der Waals surface area contributed by atoms with Crippen molar-refractivity contribution in [3.05, 3.63) is 0 Å². The Kier molecular flexibility index (Phi) is 7.54.